The number of nitrogens with zero attached hydrogens (tertiary/aromatic N) is 1. The zero-order valence-electron chi connectivity index (χ0n) is 18.4. The lowest BCUT2D eigenvalue weighted by molar-refractivity contribution is -0.140. The zero-order chi connectivity index (χ0) is 22.5. The van der Waals surface area contributed by atoms with Gasteiger partial charge in [0.2, 0.25) is 0 Å². The monoisotopic (exact) mass is 426 g/mol. The van der Waals surface area contributed by atoms with E-state index in [1.54, 1.807) is 19.1 Å². The van der Waals surface area contributed by atoms with Gasteiger partial charge in [-0.05, 0) is 41.2 Å². The van der Waals surface area contributed by atoms with Crippen LogP contribution in [0, 0.1) is 5.92 Å². The van der Waals surface area contributed by atoms with Crippen molar-refractivity contribution in [2.75, 3.05) is 20.8 Å². The van der Waals surface area contributed by atoms with Crippen LogP contribution in [-0.2, 0) is 11.2 Å². The minimum Gasteiger partial charge on any atom is -0.493 e. The van der Waals surface area contributed by atoms with Gasteiger partial charge >= 0.3 is 12.0 Å². The maximum Gasteiger partial charge on any atom is 0.326 e. The summed E-state index contributed by atoms with van der Waals surface area (Å²) < 4.78 is 11.0. The molecular weight excluding hydrogens is 396 g/mol. The number of carboxylic acids is 1. The summed E-state index contributed by atoms with van der Waals surface area (Å²) in [4.78, 5) is 26.8. The van der Waals surface area contributed by atoms with Crippen LogP contribution in [0.4, 0.5) is 4.79 Å². The van der Waals surface area contributed by atoms with Gasteiger partial charge in [0, 0.05) is 6.54 Å². The lowest BCUT2D eigenvalue weighted by Crippen LogP contribution is -2.53. The summed E-state index contributed by atoms with van der Waals surface area (Å²) in [5.74, 6) is 0.0296. The molecule has 0 fully saturated rings. The molecule has 0 saturated heterocycles. The average molecular weight is 427 g/mol. The van der Waals surface area contributed by atoms with Crippen LogP contribution in [0.1, 0.15) is 43.0 Å². The highest BCUT2D eigenvalue weighted by Crippen LogP contribution is 2.41. The van der Waals surface area contributed by atoms with E-state index in [9.17, 15) is 14.7 Å². The molecule has 3 rings (SSSR count). The standard InChI is InChI=1S/C24H30N2O5/c1-5-15(2)21(23(27)28)25-24(29)26-12-11-17-13-19(30-3)20(31-4)14-18(17)22(26)16-9-7-6-8-10-16/h6-10,13-15,21-22H,5,11-12H2,1-4H3,(H,25,29)(H,27,28)/t15-,21+,22?/m0/s1. The van der Waals surface area contributed by atoms with Crippen LogP contribution >= 0.6 is 0 Å². The molecule has 3 atom stereocenters. The first kappa shape index (κ1) is 22.5. The Kier molecular flexibility index (Phi) is 7.05. The van der Waals surface area contributed by atoms with Gasteiger partial charge in [0.15, 0.2) is 11.5 Å². The number of hydrogen-bond donors (Lipinski definition) is 2. The Bertz CT molecular complexity index is 931. The van der Waals surface area contributed by atoms with E-state index in [0.29, 0.717) is 30.9 Å². The number of benzene rings is 2. The van der Waals surface area contributed by atoms with Crippen molar-refractivity contribution in [3.63, 3.8) is 0 Å². The Balaban J connectivity index is 2.03. The Morgan fingerprint density at radius 2 is 1.81 bits per heavy atom. The van der Waals surface area contributed by atoms with Crippen molar-refractivity contribution in [2.45, 2.75) is 38.8 Å². The first-order valence-electron chi connectivity index (χ1n) is 10.5. The molecule has 0 aromatic heterocycles. The van der Waals surface area contributed by atoms with Gasteiger partial charge in [-0.2, -0.15) is 0 Å². The second kappa shape index (κ2) is 9.73. The molecule has 0 radical (unpaired) electrons. The SMILES string of the molecule is CC[C@H](C)[C@@H](NC(=O)N1CCc2cc(OC)c(OC)cc2C1c1ccccc1)C(=O)O. The summed E-state index contributed by atoms with van der Waals surface area (Å²) in [6.07, 6.45) is 1.28. The molecule has 1 aliphatic rings. The van der Waals surface area contributed by atoms with E-state index in [1.165, 1.54) is 0 Å². The van der Waals surface area contributed by atoms with Crippen LogP contribution in [0.15, 0.2) is 42.5 Å². The van der Waals surface area contributed by atoms with Crippen molar-refractivity contribution in [1.82, 2.24) is 10.2 Å². The lowest BCUT2D eigenvalue weighted by Gasteiger charge is -2.39. The van der Waals surface area contributed by atoms with Gasteiger partial charge in [-0.3, -0.25) is 0 Å². The van der Waals surface area contributed by atoms with Crippen molar-refractivity contribution >= 4 is 12.0 Å². The molecule has 0 spiro atoms. The quantitative estimate of drug-likeness (QED) is 0.702. The van der Waals surface area contributed by atoms with E-state index >= 15 is 0 Å². The predicted molar refractivity (Wildman–Crippen MR) is 118 cm³/mol. The van der Waals surface area contributed by atoms with E-state index in [2.05, 4.69) is 5.32 Å². The Morgan fingerprint density at radius 3 is 2.39 bits per heavy atom. The summed E-state index contributed by atoms with van der Waals surface area (Å²) in [6.45, 7) is 4.20. The van der Waals surface area contributed by atoms with Gasteiger partial charge in [-0.15, -0.1) is 0 Å². The maximum atomic E-state index is 13.3. The molecule has 166 valence electrons. The van der Waals surface area contributed by atoms with Gasteiger partial charge in [-0.25, -0.2) is 9.59 Å². The van der Waals surface area contributed by atoms with E-state index in [-0.39, 0.29) is 18.0 Å². The normalized spacial score (nSPS) is 17.3. The smallest absolute Gasteiger partial charge is 0.326 e. The largest absolute Gasteiger partial charge is 0.493 e. The fourth-order valence-electron chi connectivity index (χ4n) is 4.06. The van der Waals surface area contributed by atoms with Gasteiger partial charge in [0.1, 0.15) is 6.04 Å². The Labute approximate surface area is 183 Å². The summed E-state index contributed by atoms with van der Waals surface area (Å²) in [5, 5.41) is 12.4. The highest BCUT2D eigenvalue weighted by atomic mass is 16.5. The number of carbonyl (C=O) groups excluding carboxylic acids is 1. The van der Waals surface area contributed by atoms with Crippen LogP contribution in [0.3, 0.4) is 0 Å². The number of rotatable bonds is 7. The third-order valence-electron chi connectivity index (χ3n) is 6.01. The second-order valence-corrected chi connectivity index (χ2v) is 7.81. The third-order valence-corrected chi connectivity index (χ3v) is 6.01. The molecule has 1 heterocycles. The van der Waals surface area contributed by atoms with Crippen LogP contribution in [-0.4, -0.2) is 48.8 Å². The van der Waals surface area contributed by atoms with E-state index in [1.807, 2.05) is 56.3 Å². The minimum absolute atomic E-state index is 0.182. The fourth-order valence-corrected chi connectivity index (χ4v) is 4.06. The molecule has 2 N–H and O–H groups in total. The number of aliphatic carboxylic acids is 1. The fraction of sp³-hybridized carbons (Fsp3) is 0.417. The van der Waals surface area contributed by atoms with Gasteiger partial charge in [0.25, 0.3) is 0 Å². The first-order valence-corrected chi connectivity index (χ1v) is 10.5. The van der Waals surface area contributed by atoms with Crippen molar-refractivity contribution in [3.8, 4) is 11.5 Å². The van der Waals surface area contributed by atoms with E-state index < -0.39 is 12.0 Å². The molecule has 7 nitrogen and oxygen atoms in total. The Morgan fingerprint density at radius 1 is 1.16 bits per heavy atom. The van der Waals surface area contributed by atoms with Crippen LogP contribution < -0.4 is 14.8 Å². The summed E-state index contributed by atoms with van der Waals surface area (Å²) in [6, 6.07) is 11.9. The topological polar surface area (TPSA) is 88.1 Å². The first-order chi connectivity index (χ1) is 14.9. The van der Waals surface area contributed by atoms with Crippen LogP contribution in [0.5, 0.6) is 11.5 Å². The molecule has 7 heteroatoms. The Hall–Kier alpha value is -3.22. The predicted octanol–water partition coefficient (Wildman–Crippen LogP) is 3.86. The highest BCUT2D eigenvalue weighted by Gasteiger charge is 2.35. The minimum atomic E-state index is -1.03. The van der Waals surface area contributed by atoms with E-state index in [0.717, 1.165) is 16.7 Å². The van der Waals surface area contributed by atoms with Crippen LogP contribution in [0.25, 0.3) is 0 Å². The average Bonchev–Trinajstić information content (AvgIpc) is 2.80. The number of urea groups is 1. The number of ether oxygens (including phenoxy) is 2. The van der Waals surface area contributed by atoms with Crippen molar-refractivity contribution in [3.05, 3.63) is 59.2 Å². The number of carbonyl (C=O) groups is 2. The number of carboxylic acid groups (broad SMARTS) is 1. The van der Waals surface area contributed by atoms with Gasteiger partial charge in [-0.1, -0.05) is 50.6 Å². The molecule has 2 aromatic rings. The second-order valence-electron chi connectivity index (χ2n) is 7.81. The molecule has 0 bridgehead atoms. The highest BCUT2D eigenvalue weighted by molar-refractivity contribution is 5.83. The molecule has 0 aliphatic carbocycles. The number of fused-ring (bicyclic) bond motifs is 1. The van der Waals surface area contributed by atoms with Crippen molar-refractivity contribution in [2.24, 2.45) is 5.92 Å². The van der Waals surface area contributed by atoms with Crippen LogP contribution in [0.2, 0.25) is 0 Å². The third kappa shape index (κ3) is 4.60. The maximum absolute atomic E-state index is 13.3. The lowest BCUT2D eigenvalue weighted by atomic mass is 9.87. The zero-order valence-corrected chi connectivity index (χ0v) is 18.4. The molecule has 2 aromatic carbocycles. The van der Waals surface area contributed by atoms with Crippen molar-refractivity contribution < 1.29 is 24.2 Å². The van der Waals surface area contributed by atoms with E-state index in [4.69, 9.17) is 9.47 Å². The number of amides is 2. The molecule has 1 unspecified atom stereocenters. The van der Waals surface area contributed by atoms with Gasteiger partial charge < -0.3 is 24.8 Å². The summed E-state index contributed by atoms with van der Waals surface area (Å²) in [5.41, 5.74) is 2.97. The molecule has 0 saturated carbocycles. The molecule has 1 aliphatic heterocycles. The number of nitrogens with one attached hydrogen (secondary N) is 1. The molecule has 31 heavy (non-hydrogen) atoms. The van der Waals surface area contributed by atoms with Gasteiger partial charge in [0.05, 0.1) is 20.3 Å². The van der Waals surface area contributed by atoms with Crippen molar-refractivity contribution in [1.29, 1.82) is 0 Å². The summed E-state index contributed by atoms with van der Waals surface area (Å²) >= 11 is 0. The summed E-state index contributed by atoms with van der Waals surface area (Å²) in [7, 11) is 3.18. The molecule has 2 amide bonds. The number of methoxy groups -OCH3 is 2. The number of hydrogen-bond acceptors (Lipinski definition) is 4. The molecular formula is C24H30N2O5.